The van der Waals surface area contributed by atoms with E-state index in [0.29, 0.717) is 18.3 Å². The summed E-state index contributed by atoms with van der Waals surface area (Å²) in [6.45, 7) is 6.92. The molecule has 3 aliphatic carbocycles. The Morgan fingerprint density at radius 3 is 2.56 bits per heavy atom. The van der Waals surface area contributed by atoms with Crippen molar-refractivity contribution in [1.29, 1.82) is 0 Å². The highest BCUT2D eigenvalue weighted by atomic mass is 16.5. The number of carbonyl (C=O) groups is 1. The summed E-state index contributed by atoms with van der Waals surface area (Å²) in [5.74, 6) is 0.860. The van der Waals surface area contributed by atoms with E-state index in [1.165, 1.54) is 7.11 Å². The Morgan fingerprint density at radius 1 is 1.20 bits per heavy atom. The quantitative estimate of drug-likeness (QED) is 0.763. The third kappa shape index (κ3) is 2.93. The summed E-state index contributed by atoms with van der Waals surface area (Å²) in [6, 6.07) is 0. The SMILES string of the molecule is COC(=O)[C@]1(C)CCC[C@@]2(C)[C@H]1C[C@H](O)[C@H]1C[C@@](C)(CCO)CC[C@@H]12. The van der Waals surface area contributed by atoms with Crippen LogP contribution >= 0.6 is 0 Å². The summed E-state index contributed by atoms with van der Waals surface area (Å²) in [7, 11) is 1.49. The average Bonchev–Trinajstić information content (AvgIpc) is 2.56. The van der Waals surface area contributed by atoms with Crippen LogP contribution in [0.15, 0.2) is 0 Å². The first kappa shape index (κ1) is 19.2. The average molecular weight is 353 g/mol. The van der Waals surface area contributed by atoms with E-state index < -0.39 is 5.41 Å². The van der Waals surface area contributed by atoms with Gasteiger partial charge >= 0.3 is 5.97 Å². The van der Waals surface area contributed by atoms with Crippen molar-refractivity contribution >= 4 is 5.97 Å². The van der Waals surface area contributed by atoms with Crippen LogP contribution in [0.4, 0.5) is 0 Å². The molecule has 0 spiro atoms. The zero-order valence-electron chi connectivity index (χ0n) is 16.4. The van der Waals surface area contributed by atoms with Crippen LogP contribution in [0, 0.1) is 34.0 Å². The summed E-state index contributed by atoms with van der Waals surface area (Å²) < 4.78 is 5.17. The molecule has 0 bridgehead atoms. The molecule has 3 rings (SSSR count). The summed E-state index contributed by atoms with van der Waals surface area (Å²) in [5.41, 5.74) is -0.231. The second kappa shape index (κ2) is 6.53. The summed E-state index contributed by atoms with van der Waals surface area (Å²) in [4.78, 5) is 12.6. The third-order valence-corrected chi connectivity index (χ3v) is 8.47. The van der Waals surface area contributed by atoms with Crippen molar-refractivity contribution < 1.29 is 19.7 Å². The van der Waals surface area contributed by atoms with Gasteiger partial charge in [0.1, 0.15) is 0 Å². The fourth-order valence-electron chi connectivity index (χ4n) is 7.03. The van der Waals surface area contributed by atoms with E-state index in [1.54, 1.807) is 0 Å². The number of aliphatic hydroxyl groups is 2. The van der Waals surface area contributed by atoms with Gasteiger partial charge < -0.3 is 14.9 Å². The fraction of sp³-hybridized carbons (Fsp3) is 0.952. The van der Waals surface area contributed by atoms with Gasteiger partial charge in [-0.3, -0.25) is 4.79 Å². The molecule has 2 N–H and O–H groups in total. The van der Waals surface area contributed by atoms with Crippen LogP contribution in [0.5, 0.6) is 0 Å². The predicted molar refractivity (Wildman–Crippen MR) is 96.8 cm³/mol. The molecular weight excluding hydrogens is 316 g/mol. The zero-order valence-corrected chi connectivity index (χ0v) is 16.4. The Kier molecular flexibility index (Phi) is 5.00. The van der Waals surface area contributed by atoms with E-state index in [0.717, 1.165) is 44.9 Å². The number of aliphatic hydroxyl groups excluding tert-OH is 2. The molecule has 0 saturated heterocycles. The maximum Gasteiger partial charge on any atom is 0.311 e. The van der Waals surface area contributed by atoms with Crippen LogP contribution in [0.1, 0.15) is 72.1 Å². The molecule has 0 aromatic carbocycles. The maximum atomic E-state index is 12.6. The molecule has 0 aromatic heterocycles. The molecule has 0 radical (unpaired) electrons. The van der Waals surface area contributed by atoms with Gasteiger partial charge in [-0.1, -0.05) is 20.3 Å². The molecule has 3 fully saturated rings. The van der Waals surface area contributed by atoms with Crippen molar-refractivity contribution in [2.45, 2.75) is 78.2 Å². The van der Waals surface area contributed by atoms with Gasteiger partial charge in [0, 0.05) is 6.61 Å². The molecule has 25 heavy (non-hydrogen) atoms. The van der Waals surface area contributed by atoms with Crippen LogP contribution in [-0.4, -0.2) is 36.0 Å². The lowest BCUT2D eigenvalue weighted by molar-refractivity contribution is -0.193. The molecule has 144 valence electrons. The Labute approximate surface area is 152 Å². The lowest BCUT2D eigenvalue weighted by atomic mass is 9.42. The summed E-state index contributed by atoms with van der Waals surface area (Å²) in [5, 5.41) is 20.5. The molecule has 4 nitrogen and oxygen atoms in total. The topological polar surface area (TPSA) is 66.8 Å². The van der Waals surface area contributed by atoms with E-state index in [4.69, 9.17) is 4.74 Å². The molecule has 0 unspecified atom stereocenters. The largest absolute Gasteiger partial charge is 0.469 e. The number of hydrogen-bond donors (Lipinski definition) is 2. The van der Waals surface area contributed by atoms with Crippen molar-refractivity contribution in [3.63, 3.8) is 0 Å². The zero-order chi connectivity index (χ0) is 18.5. The van der Waals surface area contributed by atoms with Gasteiger partial charge in [-0.25, -0.2) is 0 Å². The molecule has 7 atom stereocenters. The Balaban J connectivity index is 1.91. The maximum absolute atomic E-state index is 12.6. The predicted octanol–water partition coefficient (Wildman–Crippen LogP) is 3.54. The second-order valence-electron chi connectivity index (χ2n) is 9.92. The highest BCUT2D eigenvalue weighted by molar-refractivity contribution is 5.77. The Bertz CT molecular complexity index is 520. The molecule has 3 aliphatic rings. The number of hydrogen-bond acceptors (Lipinski definition) is 4. The number of methoxy groups -OCH3 is 1. The fourth-order valence-corrected chi connectivity index (χ4v) is 7.03. The number of fused-ring (bicyclic) bond motifs is 3. The summed E-state index contributed by atoms with van der Waals surface area (Å²) in [6.07, 6.45) is 7.47. The van der Waals surface area contributed by atoms with Crippen LogP contribution in [0.3, 0.4) is 0 Å². The second-order valence-corrected chi connectivity index (χ2v) is 9.92. The van der Waals surface area contributed by atoms with Crippen molar-refractivity contribution in [3.05, 3.63) is 0 Å². The van der Waals surface area contributed by atoms with E-state index in [1.807, 2.05) is 0 Å². The van der Waals surface area contributed by atoms with E-state index >= 15 is 0 Å². The Hall–Kier alpha value is -0.610. The van der Waals surface area contributed by atoms with Crippen LogP contribution in [-0.2, 0) is 9.53 Å². The lowest BCUT2D eigenvalue weighted by Crippen LogP contribution is -2.60. The number of ether oxygens (including phenoxy) is 1. The van der Waals surface area contributed by atoms with Gasteiger partial charge in [0.2, 0.25) is 0 Å². The first-order valence-electron chi connectivity index (χ1n) is 10.1. The van der Waals surface area contributed by atoms with Gasteiger partial charge in [0.05, 0.1) is 18.6 Å². The van der Waals surface area contributed by atoms with Crippen molar-refractivity contribution in [1.82, 2.24) is 0 Å². The minimum atomic E-state index is -0.473. The summed E-state index contributed by atoms with van der Waals surface area (Å²) >= 11 is 0. The van der Waals surface area contributed by atoms with Crippen LogP contribution in [0.2, 0.25) is 0 Å². The molecule has 4 heteroatoms. The lowest BCUT2D eigenvalue weighted by Gasteiger charge is -2.63. The first-order chi connectivity index (χ1) is 11.7. The number of rotatable bonds is 3. The van der Waals surface area contributed by atoms with Gasteiger partial charge in [-0.15, -0.1) is 0 Å². The number of esters is 1. The molecule has 0 amide bonds. The van der Waals surface area contributed by atoms with Gasteiger partial charge in [-0.05, 0) is 80.5 Å². The van der Waals surface area contributed by atoms with Gasteiger partial charge in [0.15, 0.2) is 0 Å². The van der Waals surface area contributed by atoms with E-state index in [9.17, 15) is 15.0 Å². The smallest absolute Gasteiger partial charge is 0.311 e. The standard InChI is InChI=1S/C21H36O4/c1-19(10-11-22)9-6-15-14(13-19)16(23)12-17-20(15,2)7-5-8-21(17,3)18(24)25-4/h14-17,22-23H,5-13H2,1-4H3/t14-,15-,16-,17+,19+,20+,21+/m0/s1. The highest BCUT2D eigenvalue weighted by Gasteiger charge is 2.62. The molecule has 0 heterocycles. The first-order valence-corrected chi connectivity index (χ1v) is 10.1. The van der Waals surface area contributed by atoms with Crippen molar-refractivity contribution in [2.75, 3.05) is 13.7 Å². The van der Waals surface area contributed by atoms with Gasteiger partial charge in [-0.2, -0.15) is 0 Å². The van der Waals surface area contributed by atoms with E-state index in [2.05, 4.69) is 20.8 Å². The number of carbonyl (C=O) groups excluding carboxylic acids is 1. The highest BCUT2D eigenvalue weighted by Crippen LogP contribution is 2.65. The molecule has 3 saturated carbocycles. The minimum absolute atomic E-state index is 0.102. The molecular formula is C21H36O4. The van der Waals surface area contributed by atoms with Crippen molar-refractivity contribution in [3.8, 4) is 0 Å². The third-order valence-electron chi connectivity index (χ3n) is 8.47. The van der Waals surface area contributed by atoms with Crippen molar-refractivity contribution in [2.24, 2.45) is 34.0 Å². The van der Waals surface area contributed by atoms with Gasteiger partial charge in [0.25, 0.3) is 0 Å². The monoisotopic (exact) mass is 352 g/mol. The van der Waals surface area contributed by atoms with Crippen LogP contribution < -0.4 is 0 Å². The Morgan fingerprint density at radius 2 is 1.92 bits per heavy atom. The van der Waals surface area contributed by atoms with Crippen LogP contribution in [0.25, 0.3) is 0 Å². The molecule has 0 aliphatic heterocycles. The van der Waals surface area contributed by atoms with E-state index in [-0.39, 0.29) is 35.4 Å². The normalized spacial score (nSPS) is 49.8. The minimum Gasteiger partial charge on any atom is -0.469 e. The molecule has 0 aromatic rings.